The maximum Gasteiger partial charge on any atom is 0.243 e. The van der Waals surface area contributed by atoms with E-state index in [9.17, 15) is 13.2 Å². The predicted octanol–water partition coefficient (Wildman–Crippen LogP) is 2.98. The van der Waals surface area contributed by atoms with E-state index in [2.05, 4.69) is 5.10 Å². The fourth-order valence-electron chi connectivity index (χ4n) is 2.97. The molecule has 0 aliphatic rings. The van der Waals surface area contributed by atoms with E-state index < -0.39 is 15.9 Å². The molecule has 10 heteroatoms. The summed E-state index contributed by atoms with van der Waals surface area (Å²) in [7, 11) is -3.80. The zero-order valence-electron chi connectivity index (χ0n) is 16.2. The van der Waals surface area contributed by atoms with Crippen molar-refractivity contribution in [1.82, 2.24) is 15.3 Å². The van der Waals surface area contributed by atoms with Crippen molar-refractivity contribution in [3.05, 3.63) is 64.8 Å². The van der Waals surface area contributed by atoms with Crippen LogP contribution in [-0.4, -0.2) is 29.3 Å². The number of aryl methyl sites for hydroxylation is 2. The first kappa shape index (κ1) is 22.0. The Morgan fingerprint density at radius 3 is 2.50 bits per heavy atom. The zero-order chi connectivity index (χ0) is 21.9. The smallest absolute Gasteiger partial charge is 0.243 e. The van der Waals surface area contributed by atoms with E-state index >= 15 is 0 Å². The molecule has 2 aromatic carbocycles. The lowest BCUT2D eigenvalue weighted by molar-refractivity contribution is -0.129. The minimum absolute atomic E-state index is 0.00794. The first-order valence-electron chi connectivity index (χ1n) is 9.10. The molecule has 4 N–H and O–H groups in total. The molecular weight excluding hydrogens is 428 g/mol. The minimum Gasteiger partial charge on any atom is -0.289 e. The molecular formula is C20H21ClN4O4S. The number of amides is 1. The molecule has 1 amide bonds. The average Bonchev–Trinajstić information content (AvgIpc) is 3.13. The molecule has 0 aliphatic carbocycles. The number of primary sulfonamides is 1. The molecule has 0 radical (unpaired) electrons. The number of carbonyl (C=O) groups excluding carboxylic acids is 1. The highest BCUT2D eigenvalue weighted by atomic mass is 35.5. The summed E-state index contributed by atoms with van der Waals surface area (Å²) >= 11 is 6.30. The third-order valence-corrected chi connectivity index (χ3v) is 5.94. The normalized spacial score (nSPS) is 11.5. The molecule has 0 aliphatic heterocycles. The van der Waals surface area contributed by atoms with Crippen molar-refractivity contribution in [1.29, 1.82) is 0 Å². The highest BCUT2D eigenvalue weighted by Crippen LogP contribution is 2.29. The van der Waals surface area contributed by atoms with Gasteiger partial charge in [-0.1, -0.05) is 23.7 Å². The van der Waals surface area contributed by atoms with Crippen LogP contribution in [0.15, 0.2) is 53.4 Å². The average molecular weight is 449 g/mol. The summed E-state index contributed by atoms with van der Waals surface area (Å²) in [5.74, 6) is -0.460. The standard InChI is InChI=1S/C20H21ClN4O4S/c1-13-5-6-14(11-18(13)21)19-12-15(3-2-4-20(26)24-27)23-25(19)16-7-9-17(10-8-16)30(22,28)29/h5-12,27H,2-4H2,1H3,(H,24,26)(H2,22,28,29). The fraction of sp³-hybridized carbons (Fsp3) is 0.200. The molecule has 0 atom stereocenters. The summed E-state index contributed by atoms with van der Waals surface area (Å²) in [5.41, 5.74) is 5.55. The molecule has 3 rings (SSSR count). The van der Waals surface area contributed by atoms with E-state index in [0.717, 1.165) is 22.5 Å². The maximum atomic E-state index is 11.5. The summed E-state index contributed by atoms with van der Waals surface area (Å²) in [5, 5.41) is 19.0. The molecule has 0 saturated heterocycles. The number of hydrogen-bond acceptors (Lipinski definition) is 5. The Labute approximate surface area is 179 Å². The monoisotopic (exact) mass is 448 g/mol. The van der Waals surface area contributed by atoms with Crippen molar-refractivity contribution in [3.8, 4) is 16.9 Å². The summed E-state index contributed by atoms with van der Waals surface area (Å²) in [4.78, 5) is 11.2. The van der Waals surface area contributed by atoms with Crippen LogP contribution in [0.2, 0.25) is 5.02 Å². The molecule has 3 aromatic rings. The molecule has 158 valence electrons. The van der Waals surface area contributed by atoms with Gasteiger partial charge in [0.05, 0.1) is 22.0 Å². The third kappa shape index (κ3) is 5.06. The lowest BCUT2D eigenvalue weighted by Crippen LogP contribution is -2.18. The zero-order valence-corrected chi connectivity index (χ0v) is 17.7. The highest BCUT2D eigenvalue weighted by molar-refractivity contribution is 7.89. The number of rotatable bonds is 7. The van der Waals surface area contributed by atoms with E-state index in [1.807, 2.05) is 31.2 Å². The fourth-order valence-corrected chi connectivity index (χ4v) is 3.67. The van der Waals surface area contributed by atoms with Crippen LogP contribution in [-0.2, 0) is 21.2 Å². The predicted molar refractivity (Wildman–Crippen MR) is 113 cm³/mol. The topological polar surface area (TPSA) is 127 Å². The first-order chi connectivity index (χ1) is 14.2. The SMILES string of the molecule is Cc1ccc(-c2cc(CCCC(=O)NO)nn2-c2ccc(S(N)(=O)=O)cc2)cc1Cl. The van der Waals surface area contributed by atoms with E-state index in [1.165, 1.54) is 12.1 Å². The van der Waals surface area contributed by atoms with E-state index in [-0.39, 0.29) is 11.3 Å². The number of carbonyl (C=O) groups is 1. The molecule has 1 heterocycles. The van der Waals surface area contributed by atoms with Crippen LogP contribution in [0.5, 0.6) is 0 Å². The van der Waals surface area contributed by atoms with Gasteiger partial charge in [-0.05, 0) is 61.7 Å². The number of nitrogens with zero attached hydrogens (tertiary/aromatic N) is 2. The van der Waals surface area contributed by atoms with Crippen molar-refractivity contribution in [2.75, 3.05) is 0 Å². The number of aromatic nitrogens is 2. The lowest BCUT2D eigenvalue weighted by Gasteiger charge is -2.09. The summed E-state index contributed by atoms with van der Waals surface area (Å²) in [6, 6.07) is 13.6. The number of nitrogens with two attached hydrogens (primary N) is 1. The Bertz CT molecular complexity index is 1170. The molecule has 1 aromatic heterocycles. The van der Waals surface area contributed by atoms with Crippen molar-refractivity contribution >= 4 is 27.5 Å². The Kier molecular flexibility index (Phi) is 6.57. The number of hydroxylamine groups is 1. The Balaban J connectivity index is 2.00. The van der Waals surface area contributed by atoms with Crippen LogP contribution in [0.4, 0.5) is 0 Å². The van der Waals surface area contributed by atoms with Gasteiger partial charge in [-0.25, -0.2) is 23.7 Å². The Morgan fingerprint density at radius 1 is 1.20 bits per heavy atom. The third-order valence-electron chi connectivity index (χ3n) is 4.60. The molecule has 0 fully saturated rings. The van der Waals surface area contributed by atoms with E-state index in [4.69, 9.17) is 21.9 Å². The van der Waals surface area contributed by atoms with Gasteiger partial charge in [-0.3, -0.25) is 10.0 Å². The maximum absolute atomic E-state index is 11.5. The Hall–Kier alpha value is -2.72. The van der Waals surface area contributed by atoms with Crippen molar-refractivity contribution in [2.24, 2.45) is 5.14 Å². The first-order valence-corrected chi connectivity index (χ1v) is 11.0. The second kappa shape index (κ2) is 8.97. The van der Waals surface area contributed by atoms with Gasteiger partial charge in [0.2, 0.25) is 15.9 Å². The second-order valence-electron chi connectivity index (χ2n) is 6.82. The van der Waals surface area contributed by atoms with Gasteiger partial charge in [0.15, 0.2) is 0 Å². The van der Waals surface area contributed by atoms with Crippen LogP contribution in [0.3, 0.4) is 0 Å². The largest absolute Gasteiger partial charge is 0.289 e. The van der Waals surface area contributed by atoms with Gasteiger partial charge in [0, 0.05) is 17.0 Å². The van der Waals surface area contributed by atoms with Crippen LogP contribution in [0, 0.1) is 6.92 Å². The minimum atomic E-state index is -3.80. The highest BCUT2D eigenvalue weighted by Gasteiger charge is 2.15. The molecule has 0 saturated carbocycles. The van der Waals surface area contributed by atoms with Crippen molar-refractivity contribution in [2.45, 2.75) is 31.1 Å². The van der Waals surface area contributed by atoms with E-state index in [0.29, 0.717) is 23.6 Å². The van der Waals surface area contributed by atoms with Crippen LogP contribution in [0.1, 0.15) is 24.1 Å². The number of hydrogen-bond donors (Lipinski definition) is 3. The Morgan fingerprint density at radius 2 is 1.90 bits per heavy atom. The summed E-state index contributed by atoms with van der Waals surface area (Å²) < 4.78 is 24.8. The second-order valence-corrected chi connectivity index (χ2v) is 8.79. The molecule has 30 heavy (non-hydrogen) atoms. The quantitative estimate of drug-likeness (QED) is 0.378. The van der Waals surface area contributed by atoms with Crippen LogP contribution >= 0.6 is 11.6 Å². The summed E-state index contributed by atoms with van der Waals surface area (Å²) in [6.07, 6.45) is 1.18. The van der Waals surface area contributed by atoms with Gasteiger partial charge in [-0.15, -0.1) is 0 Å². The van der Waals surface area contributed by atoms with Crippen LogP contribution < -0.4 is 10.6 Å². The number of benzene rings is 2. The van der Waals surface area contributed by atoms with Gasteiger partial charge in [-0.2, -0.15) is 5.10 Å². The number of sulfonamides is 1. The molecule has 0 bridgehead atoms. The number of nitrogens with one attached hydrogen (secondary N) is 1. The van der Waals surface area contributed by atoms with Gasteiger partial charge in [0.1, 0.15) is 0 Å². The summed E-state index contributed by atoms with van der Waals surface area (Å²) in [6.45, 7) is 1.91. The lowest BCUT2D eigenvalue weighted by atomic mass is 10.1. The van der Waals surface area contributed by atoms with Gasteiger partial charge < -0.3 is 0 Å². The van der Waals surface area contributed by atoms with Gasteiger partial charge in [0.25, 0.3) is 0 Å². The van der Waals surface area contributed by atoms with Crippen molar-refractivity contribution in [3.63, 3.8) is 0 Å². The van der Waals surface area contributed by atoms with Crippen molar-refractivity contribution < 1.29 is 18.4 Å². The molecule has 0 spiro atoms. The molecule has 8 nitrogen and oxygen atoms in total. The van der Waals surface area contributed by atoms with Gasteiger partial charge >= 0.3 is 0 Å². The number of halogens is 1. The molecule has 0 unspecified atom stereocenters. The van der Waals surface area contributed by atoms with Crippen LogP contribution in [0.25, 0.3) is 16.9 Å². The van der Waals surface area contributed by atoms with E-state index in [1.54, 1.807) is 22.3 Å².